The van der Waals surface area contributed by atoms with Gasteiger partial charge < -0.3 is 21.1 Å². The molecule has 0 aromatic heterocycles. The molecule has 7 nitrogen and oxygen atoms in total. The van der Waals surface area contributed by atoms with Gasteiger partial charge in [0.1, 0.15) is 0 Å². The minimum Gasteiger partial charge on any atom is -0.479 e. The number of aliphatic carboxylic acids is 1. The van der Waals surface area contributed by atoms with Gasteiger partial charge in [-0.05, 0) is 13.3 Å². The van der Waals surface area contributed by atoms with Gasteiger partial charge in [-0.15, -0.1) is 0 Å². The predicted molar refractivity (Wildman–Crippen MR) is 59.8 cm³/mol. The first-order valence-electron chi connectivity index (χ1n) is 5.72. The molecule has 1 aliphatic rings. The summed E-state index contributed by atoms with van der Waals surface area (Å²) in [5.41, 5.74) is -3.38. The van der Waals surface area contributed by atoms with Crippen molar-refractivity contribution in [3.05, 3.63) is 0 Å². The standard InChI is InChI=1S/C10H14F3N3O4/c1-9(7(18)19,10(11,12)13)16-8(20)15-5-2-3-6(17)14-4-5/h5H,2-4H2,1H3,(H,14,17)(H,18,19)(H2,15,16,20). The monoisotopic (exact) mass is 297 g/mol. The highest BCUT2D eigenvalue weighted by molar-refractivity contribution is 5.87. The Kier molecular flexibility index (Phi) is 4.46. The Morgan fingerprint density at radius 2 is 2.00 bits per heavy atom. The maximum atomic E-state index is 12.7. The third kappa shape index (κ3) is 3.52. The first kappa shape index (κ1) is 16.1. The largest absolute Gasteiger partial charge is 0.479 e. The van der Waals surface area contributed by atoms with Gasteiger partial charge >= 0.3 is 18.2 Å². The highest BCUT2D eigenvalue weighted by Gasteiger charge is 2.58. The number of urea groups is 1. The molecule has 114 valence electrons. The lowest BCUT2D eigenvalue weighted by Gasteiger charge is -2.30. The van der Waals surface area contributed by atoms with Crippen LogP contribution in [-0.4, -0.2) is 47.3 Å². The summed E-state index contributed by atoms with van der Waals surface area (Å²) in [5.74, 6) is -2.42. The maximum absolute atomic E-state index is 12.7. The number of amides is 3. The molecule has 0 spiro atoms. The fraction of sp³-hybridized carbons (Fsp3) is 0.700. The summed E-state index contributed by atoms with van der Waals surface area (Å²) in [7, 11) is 0. The summed E-state index contributed by atoms with van der Waals surface area (Å²) < 4.78 is 38.0. The lowest BCUT2D eigenvalue weighted by molar-refractivity contribution is -0.203. The number of nitrogens with one attached hydrogen (secondary N) is 3. The van der Waals surface area contributed by atoms with Crippen LogP contribution < -0.4 is 16.0 Å². The summed E-state index contributed by atoms with van der Waals surface area (Å²) >= 11 is 0. The van der Waals surface area contributed by atoms with Crippen LogP contribution in [0.1, 0.15) is 19.8 Å². The predicted octanol–water partition coefficient (Wildman–Crippen LogP) is -0.0302. The molecule has 1 aliphatic heterocycles. The average molecular weight is 297 g/mol. The zero-order chi connectivity index (χ0) is 15.6. The van der Waals surface area contributed by atoms with Crippen molar-refractivity contribution in [1.82, 2.24) is 16.0 Å². The van der Waals surface area contributed by atoms with Crippen molar-refractivity contribution in [3.8, 4) is 0 Å². The number of hydrogen-bond donors (Lipinski definition) is 4. The van der Waals surface area contributed by atoms with E-state index in [9.17, 15) is 27.6 Å². The molecule has 0 aromatic carbocycles. The Labute approximate surface area is 111 Å². The fourth-order valence-electron chi connectivity index (χ4n) is 1.55. The summed E-state index contributed by atoms with van der Waals surface area (Å²) in [4.78, 5) is 33.1. The molecule has 10 heteroatoms. The molecule has 0 aromatic rings. The molecule has 2 unspecified atom stereocenters. The molecule has 0 saturated carbocycles. The molecule has 0 radical (unpaired) electrons. The Bertz CT molecular complexity index is 416. The van der Waals surface area contributed by atoms with Gasteiger partial charge in [0.2, 0.25) is 11.4 Å². The highest BCUT2D eigenvalue weighted by atomic mass is 19.4. The fourth-order valence-corrected chi connectivity index (χ4v) is 1.55. The number of carbonyl (C=O) groups is 3. The molecule has 1 heterocycles. The van der Waals surface area contributed by atoms with Crippen molar-refractivity contribution >= 4 is 17.9 Å². The summed E-state index contributed by atoms with van der Waals surface area (Å²) in [6.07, 6.45) is -4.73. The quantitative estimate of drug-likeness (QED) is 0.586. The summed E-state index contributed by atoms with van der Waals surface area (Å²) in [5, 5.41) is 14.7. The van der Waals surface area contributed by atoms with E-state index >= 15 is 0 Å². The summed E-state index contributed by atoms with van der Waals surface area (Å²) in [6, 6.07) is -1.80. The van der Waals surface area contributed by atoms with Crippen molar-refractivity contribution in [1.29, 1.82) is 0 Å². The molecule has 4 N–H and O–H groups in total. The van der Waals surface area contributed by atoms with Crippen LogP contribution in [0.4, 0.5) is 18.0 Å². The number of hydrogen-bond acceptors (Lipinski definition) is 3. The van der Waals surface area contributed by atoms with Gasteiger partial charge in [-0.1, -0.05) is 0 Å². The molecule has 0 bridgehead atoms. The number of carbonyl (C=O) groups excluding carboxylic acids is 2. The van der Waals surface area contributed by atoms with Gasteiger partial charge in [0.05, 0.1) is 0 Å². The second-order valence-corrected chi connectivity index (χ2v) is 4.57. The number of rotatable bonds is 3. The van der Waals surface area contributed by atoms with E-state index in [1.807, 2.05) is 0 Å². The lowest BCUT2D eigenvalue weighted by atomic mass is 10.0. The van der Waals surface area contributed by atoms with Crippen LogP contribution in [0.5, 0.6) is 0 Å². The van der Waals surface area contributed by atoms with Crippen molar-refractivity contribution in [2.75, 3.05) is 6.54 Å². The third-order valence-electron chi connectivity index (χ3n) is 2.96. The molecule has 1 fully saturated rings. The van der Waals surface area contributed by atoms with E-state index < -0.39 is 29.8 Å². The van der Waals surface area contributed by atoms with Gasteiger partial charge in [-0.3, -0.25) is 4.79 Å². The SMILES string of the molecule is CC(NC(=O)NC1CCC(=O)NC1)(C(=O)O)C(F)(F)F. The van der Waals surface area contributed by atoms with E-state index in [2.05, 4.69) is 10.6 Å². The Hall–Kier alpha value is -2.00. The van der Waals surface area contributed by atoms with E-state index in [-0.39, 0.29) is 25.3 Å². The van der Waals surface area contributed by atoms with Crippen LogP contribution in [0.25, 0.3) is 0 Å². The van der Waals surface area contributed by atoms with E-state index in [4.69, 9.17) is 5.11 Å². The highest BCUT2D eigenvalue weighted by Crippen LogP contribution is 2.30. The number of piperidine rings is 1. The Morgan fingerprint density at radius 1 is 1.40 bits per heavy atom. The molecule has 1 rings (SSSR count). The first-order valence-corrected chi connectivity index (χ1v) is 5.72. The van der Waals surface area contributed by atoms with Crippen LogP contribution in [0.2, 0.25) is 0 Å². The van der Waals surface area contributed by atoms with Gasteiger partial charge in [0.25, 0.3) is 0 Å². The minimum absolute atomic E-state index is 0.0854. The second-order valence-electron chi connectivity index (χ2n) is 4.57. The molecular formula is C10H14F3N3O4. The van der Waals surface area contributed by atoms with E-state index in [1.54, 1.807) is 0 Å². The molecular weight excluding hydrogens is 283 g/mol. The maximum Gasteiger partial charge on any atom is 0.422 e. The number of halogens is 3. The van der Waals surface area contributed by atoms with E-state index in [0.29, 0.717) is 6.92 Å². The van der Waals surface area contributed by atoms with Gasteiger partial charge in [-0.25, -0.2) is 9.59 Å². The summed E-state index contributed by atoms with van der Waals surface area (Å²) in [6.45, 7) is 0.444. The van der Waals surface area contributed by atoms with Crippen LogP contribution in [0.15, 0.2) is 0 Å². The second kappa shape index (κ2) is 5.55. The number of carboxylic acid groups (broad SMARTS) is 1. The van der Waals surface area contributed by atoms with Crippen molar-refractivity contribution in [3.63, 3.8) is 0 Å². The first-order chi connectivity index (χ1) is 9.06. The average Bonchev–Trinajstić information content (AvgIpc) is 2.30. The Balaban J connectivity index is 2.64. The third-order valence-corrected chi connectivity index (χ3v) is 2.96. The van der Waals surface area contributed by atoms with Crippen LogP contribution in [0, 0.1) is 0 Å². The number of alkyl halides is 3. The van der Waals surface area contributed by atoms with Gasteiger partial charge in [0, 0.05) is 19.0 Å². The normalized spacial score (nSPS) is 22.4. The topological polar surface area (TPSA) is 108 Å². The number of carboxylic acids is 1. The van der Waals surface area contributed by atoms with Crippen molar-refractivity contribution in [2.45, 2.75) is 37.5 Å². The molecule has 0 aliphatic carbocycles. The molecule has 1 saturated heterocycles. The van der Waals surface area contributed by atoms with Gasteiger partial charge in [-0.2, -0.15) is 13.2 Å². The van der Waals surface area contributed by atoms with Crippen LogP contribution in [-0.2, 0) is 9.59 Å². The lowest BCUT2D eigenvalue weighted by Crippen LogP contribution is -2.65. The minimum atomic E-state index is -5.14. The molecule has 20 heavy (non-hydrogen) atoms. The van der Waals surface area contributed by atoms with Crippen molar-refractivity contribution in [2.24, 2.45) is 0 Å². The molecule has 2 atom stereocenters. The smallest absolute Gasteiger partial charge is 0.422 e. The van der Waals surface area contributed by atoms with Crippen molar-refractivity contribution < 1.29 is 32.7 Å². The van der Waals surface area contributed by atoms with E-state index in [1.165, 1.54) is 5.32 Å². The zero-order valence-electron chi connectivity index (χ0n) is 10.5. The zero-order valence-corrected chi connectivity index (χ0v) is 10.5. The van der Waals surface area contributed by atoms with Crippen LogP contribution >= 0.6 is 0 Å². The Morgan fingerprint density at radius 3 is 2.40 bits per heavy atom. The van der Waals surface area contributed by atoms with Gasteiger partial charge in [0.15, 0.2) is 0 Å². The van der Waals surface area contributed by atoms with Crippen LogP contribution in [0.3, 0.4) is 0 Å². The van der Waals surface area contributed by atoms with E-state index in [0.717, 1.165) is 0 Å². The molecule has 3 amide bonds.